The molecule has 1 aromatic carbocycles. The summed E-state index contributed by atoms with van der Waals surface area (Å²) < 4.78 is 2.64. The maximum absolute atomic E-state index is 8.63. The largest absolute Gasteiger partial charge is 0.227 e. The number of halogens is 1. The fraction of sp³-hybridized carbons (Fsp3) is 0. The predicted octanol–water partition coefficient (Wildman–Crippen LogP) is 2.51. The molecule has 2 rings (SSSR count). The molecule has 68 valence electrons. The number of nitriles is 1. The molecule has 0 aliphatic heterocycles. The van der Waals surface area contributed by atoms with E-state index in [1.165, 1.54) is 0 Å². The molecular weight excluding hydrogens is 242 g/mol. The second kappa shape index (κ2) is 3.64. The molecule has 14 heavy (non-hydrogen) atoms. The minimum Gasteiger partial charge on any atom is -0.227 e. The van der Waals surface area contributed by atoms with E-state index in [-0.39, 0.29) is 0 Å². The Labute approximate surface area is 89.7 Å². The smallest absolute Gasteiger partial charge is 0.109 e. The first-order chi connectivity index (χ1) is 6.81. The van der Waals surface area contributed by atoms with Crippen molar-refractivity contribution in [3.63, 3.8) is 0 Å². The second-order valence-electron chi connectivity index (χ2n) is 2.72. The zero-order valence-corrected chi connectivity index (χ0v) is 8.77. The highest BCUT2D eigenvalue weighted by Gasteiger charge is 2.00. The number of hydrogen-bond acceptors (Lipinski definition) is 2. The van der Waals surface area contributed by atoms with E-state index in [1.807, 2.05) is 18.2 Å². The lowest BCUT2D eigenvalue weighted by molar-refractivity contribution is 0.861. The van der Waals surface area contributed by atoms with Crippen LogP contribution in [-0.2, 0) is 0 Å². The Hall–Kier alpha value is -1.60. The maximum Gasteiger partial charge on any atom is 0.109 e. The Kier molecular flexibility index (Phi) is 2.33. The monoisotopic (exact) mass is 247 g/mol. The number of hydrogen-bond donors (Lipinski definition) is 0. The summed E-state index contributed by atoms with van der Waals surface area (Å²) in [4.78, 5) is 0. The third-order valence-corrected chi connectivity index (χ3v) is 2.44. The molecule has 4 heteroatoms. The van der Waals surface area contributed by atoms with Crippen molar-refractivity contribution in [3.05, 3.63) is 46.7 Å². The molecule has 0 aliphatic rings. The van der Waals surface area contributed by atoms with Gasteiger partial charge in [-0.05, 0) is 46.3 Å². The summed E-state index contributed by atoms with van der Waals surface area (Å²) in [5.41, 5.74) is 1.58. The highest BCUT2D eigenvalue weighted by molar-refractivity contribution is 9.10. The first-order valence-electron chi connectivity index (χ1n) is 4.01. The van der Waals surface area contributed by atoms with Gasteiger partial charge in [0.15, 0.2) is 0 Å². The van der Waals surface area contributed by atoms with E-state index in [9.17, 15) is 0 Å². The van der Waals surface area contributed by atoms with E-state index < -0.39 is 0 Å². The van der Waals surface area contributed by atoms with Gasteiger partial charge in [-0.2, -0.15) is 10.4 Å². The van der Waals surface area contributed by atoms with Gasteiger partial charge in [0, 0.05) is 0 Å². The van der Waals surface area contributed by atoms with Crippen LogP contribution >= 0.6 is 15.9 Å². The molecule has 1 heterocycles. The van der Waals surface area contributed by atoms with Crippen molar-refractivity contribution >= 4 is 15.9 Å². The second-order valence-corrected chi connectivity index (χ2v) is 3.54. The Bertz CT molecular complexity index is 479. The molecule has 0 saturated heterocycles. The average Bonchev–Trinajstić information content (AvgIpc) is 2.65. The summed E-state index contributed by atoms with van der Waals surface area (Å²) in [6.45, 7) is 0. The molecule has 1 aromatic heterocycles. The molecule has 0 unspecified atom stereocenters. The van der Waals surface area contributed by atoms with E-state index in [0.29, 0.717) is 5.56 Å². The minimum absolute atomic E-state index is 0.650. The molecular formula is C10H6BrN3. The summed E-state index contributed by atoms with van der Waals surface area (Å²) in [6.07, 6.45) is 1.71. The maximum atomic E-state index is 8.63. The van der Waals surface area contributed by atoms with Gasteiger partial charge in [0.1, 0.15) is 4.60 Å². The van der Waals surface area contributed by atoms with Crippen molar-refractivity contribution in [1.29, 1.82) is 5.26 Å². The van der Waals surface area contributed by atoms with Crippen molar-refractivity contribution in [3.8, 4) is 11.8 Å². The Morgan fingerprint density at radius 1 is 1.21 bits per heavy atom. The minimum atomic E-state index is 0.650. The summed E-state index contributed by atoms with van der Waals surface area (Å²) in [6, 6.07) is 11.2. The molecule has 3 nitrogen and oxygen atoms in total. The molecule has 0 radical (unpaired) electrons. The topological polar surface area (TPSA) is 41.6 Å². The summed E-state index contributed by atoms with van der Waals surface area (Å²) in [5, 5.41) is 12.8. The van der Waals surface area contributed by atoms with Crippen LogP contribution in [0.4, 0.5) is 0 Å². The molecule has 0 fully saturated rings. The molecule has 0 atom stereocenters. The molecule has 0 amide bonds. The molecule has 0 saturated carbocycles. The Balaban J connectivity index is 2.45. The van der Waals surface area contributed by atoms with Crippen molar-refractivity contribution in [2.45, 2.75) is 0 Å². The molecule has 2 aromatic rings. The summed E-state index contributed by atoms with van der Waals surface area (Å²) in [5.74, 6) is 0. The molecule has 0 bridgehead atoms. The van der Waals surface area contributed by atoms with Crippen molar-refractivity contribution in [2.75, 3.05) is 0 Å². The first-order valence-corrected chi connectivity index (χ1v) is 4.80. The lowest BCUT2D eigenvalue weighted by atomic mass is 10.2. The zero-order chi connectivity index (χ0) is 9.97. The van der Waals surface area contributed by atoms with Crippen LogP contribution < -0.4 is 0 Å². The third kappa shape index (κ3) is 1.54. The van der Waals surface area contributed by atoms with E-state index >= 15 is 0 Å². The van der Waals surface area contributed by atoms with Crippen LogP contribution in [0, 0.1) is 11.3 Å². The fourth-order valence-electron chi connectivity index (χ4n) is 1.15. The predicted molar refractivity (Wildman–Crippen MR) is 56.0 cm³/mol. The van der Waals surface area contributed by atoms with Gasteiger partial charge in [-0.3, -0.25) is 0 Å². The molecule has 0 spiro atoms. The lowest BCUT2D eigenvalue weighted by Crippen LogP contribution is -1.95. The van der Waals surface area contributed by atoms with Crippen molar-refractivity contribution in [2.24, 2.45) is 0 Å². The van der Waals surface area contributed by atoms with E-state index in [4.69, 9.17) is 5.26 Å². The third-order valence-electron chi connectivity index (χ3n) is 1.84. The quantitative estimate of drug-likeness (QED) is 0.777. The summed E-state index contributed by atoms with van der Waals surface area (Å²) >= 11 is 3.37. The van der Waals surface area contributed by atoms with Crippen LogP contribution in [0.15, 0.2) is 41.1 Å². The van der Waals surface area contributed by atoms with Gasteiger partial charge in [-0.1, -0.05) is 0 Å². The van der Waals surface area contributed by atoms with Crippen LogP contribution in [0.1, 0.15) is 5.56 Å². The summed E-state index contributed by atoms with van der Waals surface area (Å²) in [7, 11) is 0. The lowest BCUT2D eigenvalue weighted by Gasteiger charge is -2.02. The number of aromatic nitrogens is 2. The van der Waals surface area contributed by atoms with Crippen LogP contribution in [0.5, 0.6) is 0 Å². The van der Waals surface area contributed by atoms with Gasteiger partial charge in [0.2, 0.25) is 0 Å². The Morgan fingerprint density at radius 2 is 1.93 bits per heavy atom. The van der Waals surface area contributed by atoms with Crippen LogP contribution in [-0.4, -0.2) is 9.78 Å². The van der Waals surface area contributed by atoms with Crippen LogP contribution in [0.25, 0.3) is 5.69 Å². The van der Waals surface area contributed by atoms with Gasteiger partial charge in [0.25, 0.3) is 0 Å². The fourth-order valence-corrected chi connectivity index (χ4v) is 1.57. The average molecular weight is 248 g/mol. The van der Waals surface area contributed by atoms with Gasteiger partial charge in [0.05, 0.1) is 23.5 Å². The molecule has 0 N–H and O–H groups in total. The standard InChI is InChI=1S/C10H6BrN3/c11-10-5-6-13-14(10)9-3-1-8(7-12)2-4-9/h1-6H. The Morgan fingerprint density at radius 3 is 2.43 bits per heavy atom. The van der Waals surface area contributed by atoms with Gasteiger partial charge in [-0.25, -0.2) is 4.68 Å². The van der Waals surface area contributed by atoms with E-state index in [0.717, 1.165) is 10.3 Å². The first kappa shape index (κ1) is 8.97. The van der Waals surface area contributed by atoms with Gasteiger partial charge in [-0.15, -0.1) is 0 Å². The van der Waals surface area contributed by atoms with Crippen molar-refractivity contribution in [1.82, 2.24) is 9.78 Å². The highest BCUT2D eigenvalue weighted by Crippen LogP contribution is 2.15. The zero-order valence-electron chi connectivity index (χ0n) is 7.18. The number of benzene rings is 1. The molecule has 0 aliphatic carbocycles. The highest BCUT2D eigenvalue weighted by atomic mass is 79.9. The van der Waals surface area contributed by atoms with Gasteiger partial charge < -0.3 is 0 Å². The van der Waals surface area contributed by atoms with E-state index in [1.54, 1.807) is 23.0 Å². The van der Waals surface area contributed by atoms with Crippen LogP contribution in [0.3, 0.4) is 0 Å². The van der Waals surface area contributed by atoms with E-state index in [2.05, 4.69) is 27.1 Å². The SMILES string of the molecule is N#Cc1ccc(-n2nccc2Br)cc1. The van der Waals surface area contributed by atoms with Gasteiger partial charge >= 0.3 is 0 Å². The van der Waals surface area contributed by atoms with Crippen molar-refractivity contribution < 1.29 is 0 Å². The number of rotatable bonds is 1. The normalized spacial score (nSPS) is 9.71. The van der Waals surface area contributed by atoms with Crippen LogP contribution in [0.2, 0.25) is 0 Å². The number of nitrogens with zero attached hydrogens (tertiary/aromatic N) is 3.